The number of hydrogen-bond acceptors (Lipinski definition) is 1. The van der Waals surface area contributed by atoms with Crippen LogP contribution in [0.5, 0.6) is 0 Å². The van der Waals surface area contributed by atoms with Crippen molar-refractivity contribution in [3.8, 4) is 0 Å². The Labute approximate surface area is 125 Å². The summed E-state index contributed by atoms with van der Waals surface area (Å²) in [7, 11) is 0. The molecule has 1 saturated carbocycles. The maximum atomic E-state index is 3.87. The third kappa shape index (κ3) is 2.93. The summed E-state index contributed by atoms with van der Waals surface area (Å²) in [6.45, 7) is 8.07. The van der Waals surface area contributed by atoms with Gasteiger partial charge in [-0.3, -0.25) is 0 Å². The summed E-state index contributed by atoms with van der Waals surface area (Å²) >= 11 is 0. The van der Waals surface area contributed by atoms with Crippen LogP contribution in [0, 0.1) is 5.92 Å². The molecule has 1 fully saturated rings. The Bertz CT molecular complexity index is 374. The lowest BCUT2D eigenvalue weighted by molar-refractivity contribution is 0.203. The van der Waals surface area contributed by atoms with E-state index in [0.717, 1.165) is 12.5 Å². The van der Waals surface area contributed by atoms with Gasteiger partial charge in [0, 0.05) is 11.5 Å². The van der Waals surface area contributed by atoms with E-state index >= 15 is 0 Å². The first kappa shape index (κ1) is 15.6. The molecule has 0 heterocycles. The average Bonchev–Trinajstić information content (AvgIpc) is 3.03. The Morgan fingerprint density at radius 2 is 1.65 bits per heavy atom. The van der Waals surface area contributed by atoms with Crippen molar-refractivity contribution in [2.45, 2.75) is 70.8 Å². The van der Waals surface area contributed by atoms with Gasteiger partial charge in [0.15, 0.2) is 0 Å². The van der Waals surface area contributed by atoms with Crippen molar-refractivity contribution in [3.05, 3.63) is 35.9 Å². The van der Waals surface area contributed by atoms with Crippen molar-refractivity contribution in [3.63, 3.8) is 0 Å². The van der Waals surface area contributed by atoms with Gasteiger partial charge in [-0.2, -0.15) is 0 Å². The molecule has 1 aromatic rings. The summed E-state index contributed by atoms with van der Waals surface area (Å²) in [5.74, 6) is 0.857. The number of rotatable bonds is 7. The molecule has 1 nitrogen and oxygen atoms in total. The molecule has 2 rings (SSSR count). The summed E-state index contributed by atoms with van der Waals surface area (Å²) < 4.78 is 0. The zero-order chi connectivity index (χ0) is 14.4. The fraction of sp³-hybridized carbons (Fsp3) is 0.684. The van der Waals surface area contributed by atoms with E-state index in [1.165, 1.54) is 44.1 Å². The molecule has 20 heavy (non-hydrogen) atoms. The normalized spacial score (nSPS) is 18.4. The Balaban J connectivity index is 2.37. The van der Waals surface area contributed by atoms with Crippen LogP contribution in [0.25, 0.3) is 0 Å². The minimum absolute atomic E-state index is 0.298. The minimum Gasteiger partial charge on any atom is -0.313 e. The summed E-state index contributed by atoms with van der Waals surface area (Å²) in [6, 6.07) is 11.9. The molecule has 1 unspecified atom stereocenters. The van der Waals surface area contributed by atoms with Gasteiger partial charge in [-0.15, -0.1) is 0 Å². The molecule has 0 aromatic heterocycles. The number of benzene rings is 1. The van der Waals surface area contributed by atoms with Crippen molar-refractivity contribution >= 4 is 0 Å². The van der Waals surface area contributed by atoms with Crippen LogP contribution >= 0.6 is 0 Å². The third-order valence-electron chi connectivity index (χ3n) is 5.50. The fourth-order valence-corrected chi connectivity index (χ4v) is 4.37. The van der Waals surface area contributed by atoms with Gasteiger partial charge in [0.05, 0.1) is 0 Å². The third-order valence-corrected chi connectivity index (χ3v) is 5.50. The van der Waals surface area contributed by atoms with Gasteiger partial charge in [-0.05, 0) is 43.7 Å². The van der Waals surface area contributed by atoms with Gasteiger partial charge in [0.1, 0.15) is 0 Å². The standard InChI is InChI=1S/C19H31N/c1-4-19(5-2,17-14-8-7-9-15-17)18(20-6-3)16-12-10-11-13-16/h7-9,14-16,18,20H,4-6,10-13H2,1-3H3. The SMILES string of the molecule is CCNC(C1CCCC1)C(CC)(CC)c1ccccc1. The van der Waals surface area contributed by atoms with Crippen molar-refractivity contribution < 1.29 is 0 Å². The lowest BCUT2D eigenvalue weighted by atomic mass is 9.66. The maximum Gasteiger partial charge on any atom is 0.0192 e. The lowest BCUT2D eigenvalue weighted by Crippen LogP contribution is -2.51. The Hall–Kier alpha value is -0.820. The highest BCUT2D eigenvalue weighted by Crippen LogP contribution is 2.42. The second kappa shape index (κ2) is 7.26. The molecule has 1 N–H and O–H groups in total. The van der Waals surface area contributed by atoms with Crippen LogP contribution in [-0.2, 0) is 5.41 Å². The quantitative estimate of drug-likeness (QED) is 0.744. The van der Waals surface area contributed by atoms with Crippen LogP contribution in [0.15, 0.2) is 30.3 Å². The monoisotopic (exact) mass is 273 g/mol. The predicted molar refractivity (Wildman–Crippen MR) is 88.1 cm³/mol. The number of nitrogens with one attached hydrogen (secondary N) is 1. The molecule has 0 amide bonds. The molecule has 0 spiro atoms. The number of hydrogen-bond donors (Lipinski definition) is 1. The van der Waals surface area contributed by atoms with E-state index < -0.39 is 0 Å². The number of likely N-dealkylation sites (N-methyl/N-ethyl adjacent to an activating group) is 1. The average molecular weight is 273 g/mol. The first-order valence-corrected chi connectivity index (χ1v) is 8.57. The molecule has 0 bridgehead atoms. The van der Waals surface area contributed by atoms with Crippen LogP contribution in [0.1, 0.15) is 64.9 Å². The molecule has 1 aliphatic rings. The zero-order valence-corrected chi connectivity index (χ0v) is 13.5. The highest BCUT2D eigenvalue weighted by Gasteiger charge is 2.41. The second-order valence-electron chi connectivity index (χ2n) is 6.31. The smallest absolute Gasteiger partial charge is 0.0192 e. The Kier molecular flexibility index (Phi) is 5.65. The highest BCUT2D eigenvalue weighted by molar-refractivity contribution is 5.28. The first-order chi connectivity index (χ1) is 9.78. The first-order valence-electron chi connectivity index (χ1n) is 8.57. The largest absolute Gasteiger partial charge is 0.313 e. The molecule has 0 radical (unpaired) electrons. The molecule has 1 heteroatoms. The van der Waals surface area contributed by atoms with E-state index in [4.69, 9.17) is 0 Å². The van der Waals surface area contributed by atoms with Crippen LogP contribution < -0.4 is 5.32 Å². The molecule has 0 saturated heterocycles. The predicted octanol–water partition coefficient (Wildman–Crippen LogP) is 4.91. The molecule has 0 aliphatic heterocycles. The van der Waals surface area contributed by atoms with Crippen LogP contribution in [0.4, 0.5) is 0 Å². The van der Waals surface area contributed by atoms with E-state index in [0.29, 0.717) is 11.5 Å². The van der Waals surface area contributed by atoms with E-state index in [9.17, 15) is 0 Å². The highest BCUT2D eigenvalue weighted by atomic mass is 14.9. The van der Waals surface area contributed by atoms with Crippen molar-refractivity contribution in [2.24, 2.45) is 5.92 Å². The van der Waals surface area contributed by atoms with Gasteiger partial charge in [0.2, 0.25) is 0 Å². The van der Waals surface area contributed by atoms with Gasteiger partial charge in [-0.25, -0.2) is 0 Å². The molecule has 112 valence electrons. The Morgan fingerprint density at radius 1 is 1.05 bits per heavy atom. The van der Waals surface area contributed by atoms with Gasteiger partial charge < -0.3 is 5.32 Å². The van der Waals surface area contributed by atoms with Crippen LogP contribution in [0.3, 0.4) is 0 Å². The van der Waals surface area contributed by atoms with Gasteiger partial charge >= 0.3 is 0 Å². The zero-order valence-electron chi connectivity index (χ0n) is 13.5. The molecular formula is C19H31N. The van der Waals surface area contributed by atoms with Crippen molar-refractivity contribution in [1.29, 1.82) is 0 Å². The summed E-state index contributed by atoms with van der Waals surface area (Å²) in [5, 5.41) is 3.87. The summed E-state index contributed by atoms with van der Waals surface area (Å²) in [6.07, 6.45) is 8.11. The summed E-state index contributed by atoms with van der Waals surface area (Å²) in [5.41, 5.74) is 1.83. The molecule has 1 atom stereocenters. The van der Waals surface area contributed by atoms with Crippen molar-refractivity contribution in [2.75, 3.05) is 6.54 Å². The molecular weight excluding hydrogens is 242 g/mol. The van der Waals surface area contributed by atoms with Crippen LogP contribution in [-0.4, -0.2) is 12.6 Å². The van der Waals surface area contributed by atoms with E-state index in [1.54, 1.807) is 0 Å². The summed E-state index contributed by atoms with van der Waals surface area (Å²) in [4.78, 5) is 0. The van der Waals surface area contributed by atoms with Crippen molar-refractivity contribution in [1.82, 2.24) is 5.32 Å². The molecule has 1 aromatic carbocycles. The van der Waals surface area contributed by atoms with Crippen LogP contribution in [0.2, 0.25) is 0 Å². The van der Waals surface area contributed by atoms with E-state index in [2.05, 4.69) is 56.4 Å². The topological polar surface area (TPSA) is 12.0 Å². The maximum absolute atomic E-state index is 3.87. The minimum atomic E-state index is 0.298. The van der Waals surface area contributed by atoms with E-state index in [-0.39, 0.29) is 0 Å². The second-order valence-corrected chi connectivity index (χ2v) is 6.31. The fourth-order valence-electron chi connectivity index (χ4n) is 4.37. The van der Waals surface area contributed by atoms with Gasteiger partial charge in [-0.1, -0.05) is 63.9 Å². The van der Waals surface area contributed by atoms with E-state index in [1.807, 2.05) is 0 Å². The molecule has 1 aliphatic carbocycles. The lowest BCUT2D eigenvalue weighted by Gasteiger charge is -2.44. The Morgan fingerprint density at radius 3 is 2.15 bits per heavy atom. The van der Waals surface area contributed by atoms with Gasteiger partial charge in [0.25, 0.3) is 0 Å².